The number of hydrogen-bond acceptors (Lipinski definition) is 6. The molecular formula is C29H55N3O6. The van der Waals surface area contributed by atoms with E-state index in [0.29, 0.717) is 32.2 Å². The maximum absolute atomic E-state index is 12.2. The first-order chi connectivity index (χ1) is 18.3. The standard InChI is InChI=1S/C29H55N3O6/c1-2-3-4-5-6-7-8-9-10-11-12-13-14-18-28(36)32-25(29(37)38)19-20-27(35)31-21-16-15-17-24(22-30)26(34)23-33/h24-25,33H,2-23,30H2,1H3,(H,31,35)(H,32,36)(H,37,38)/t24-,25?/m1/s1. The molecule has 222 valence electrons. The van der Waals surface area contributed by atoms with Crippen molar-refractivity contribution in [3.05, 3.63) is 0 Å². The second kappa shape index (κ2) is 25.3. The lowest BCUT2D eigenvalue weighted by Crippen LogP contribution is -2.41. The van der Waals surface area contributed by atoms with Gasteiger partial charge in [-0.05, 0) is 25.7 Å². The number of Topliss-reactive ketones (excluding diaryl/α,β-unsaturated/α-hetero) is 1. The minimum atomic E-state index is -1.14. The Morgan fingerprint density at radius 2 is 1.26 bits per heavy atom. The smallest absolute Gasteiger partial charge is 0.326 e. The van der Waals surface area contributed by atoms with Crippen molar-refractivity contribution in [2.24, 2.45) is 11.7 Å². The summed E-state index contributed by atoms with van der Waals surface area (Å²) in [7, 11) is 0. The van der Waals surface area contributed by atoms with E-state index in [1.165, 1.54) is 64.2 Å². The number of carbonyl (C=O) groups is 4. The highest BCUT2D eigenvalue weighted by molar-refractivity contribution is 5.84. The Morgan fingerprint density at radius 3 is 1.76 bits per heavy atom. The van der Waals surface area contributed by atoms with Gasteiger partial charge in [0.05, 0.1) is 0 Å². The Kier molecular flexibility index (Phi) is 24.0. The first-order valence-corrected chi connectivity index (χ1v) is 15.0. The van der Waals surface area contributed by atoms with Crippen LogP contribution < -0.4 is 16.4 Å². The Morgan fingerprint density at radius 1 is 0.711 bits per heavy atom. The van der Waals surface area contributed by atoms with Crippen LogP contribution in [0.25, 0.3) is 0 Å². The number of aliphatic hydroxyl groups is 1. The van der Waals surface area contributed by atoms with Gasteiger partial charge in [0.2, 0.25) is 11.8 Å². The normalized spacial score (nSPS) is 12.6. The van der Waals surface area contributed by atoms with Crippen LogP contribution in [0.4, 0.5) is 0 Å². The van der Waals surface area contributed by atoms with Crippen LogP contribution in [0, 0.1) is 5.92 Å². The predicted octanol–water partition coefficient (Wildman–Crippen LogP) is 4.24. The summed E-state index contributed by atoms with van der Waals surface area (Å²) in [6, 6.07) is -1.08. The Hall–Kier alpha value is -2.00. The van der Waals surface area contributed by atoms with Gasteiger partial charge in [0.15, 0.2) is 5.78 Å². The van der Waals surface area contributed by atoms with Crippen molar-refractivity contribution in [2.45, 2.75) is 135 Å². The molecule has 0 saturated carbocycles. The van der Waals surface area contributed by atoms with Crippen molar-refractivity contribution in [1.82, 2.24) is 10.6 Å². The van der Waals surface area contributed by atoms with Gasteiger partial charge in [0.25, 0.3) is 0 Å². The first kappa shape index (κ1) is 36.0. The molecule has 2 amide bonds. The van der Waals surface area contributed by atoms with E-state index in [2.05, 4.69) is 17.6 Å². The molecule has 6 N–H and O–H groups in total. The number of rotatable bonds is 27. The van der Waals surface area contributed by atoms with Gasteiger partial charge in [-0.3, -0.25) is 14.4 Å². The van der Waals surface area contributed by atoms with E-state index in [4.69, 9.17) is 10.8 Å². The highest BCUT2D eigenvalue weighted by Crippen LogP contribution is 2.13. The zero-order valence-electron chi connectivity index (χ0n) is 23.8. The van der Waals surface area contributed by atoms with Crippen molar-refractivity contribution >= 4 is 23.6 Å². The third-order valence-electron chi connectivity index (χ3n) is 7.00. The summed E-state index contributed by atoms with van der Waals surface area (Å²) in [6.07, 6.45) is 18.1. The largest absolute Gasteiger partial charge is 0.480 e. The summed E-state index contributed by atoms with van der Waals surface area (Å²) < 4.78 is 0. The molecular weight excluding hydrogens is 486 g/mol. The molecule has 9 nitrogen and oxygen atoms in total. The number of aliphatic hydroxyl groups excluding tert-OH is 1. The highest BCUT2D eigenvalue weighted by Gasteiger charge is 2.21. The van der Waals surface area contributed by atoms with Crippen molar-refractivity contribution in [3.63, 3.8) is 0 Å². The van der Waals surface area contributed by atoms with Crippen molar-refractivity contribution in [2.75, 3.05) is 19.7 Å². The average molecular weight is 542 g/mol. The van der Waals surface area contributed by atoms with Crippen LogP contribution in [0.3, 0.4) is 0 Å². The fourth-order valence-corrected chi connectivity index (χ4v) is 4.47. The van der Waals surface area contributed by atoms with Crippen LogP contribution in [0.1, 0.15) is 129 Å². The minimum Gasteiger partial charge on any atom is -0.480 e. The second-order valence-electron chi connectivity index (χ2n) is 10.4. The molecule has 0 spiro atoms. The molecule has 0 rings (SSSR count). The van der Waals surface area contributed by atoms with E-state index in [-0.39, 0.29) is 42.9 Å². The predicted molar refractivity (Wildman–Crippen MR) is 151 cm³/mol. The van der Waals surface area contributed by atoms with Crippen LogP contribution in [0.15, 0.2) is 0 Å². The van der Waals surface area contributed by atoms with Gasteiger partial charge < -0.3 is 26.6 Å². The molecule has 38 heavy (non-hydrogen) atoms. The molecule has 0 aromatic heterocycles. The third kappa shape index (κ3) is 21.0. The zero-order chi connectivity index (χ0) is 28.4. The maximum Gasteiger partial charge on any atom is 0.326 e. The quantitative estimate of drug-likeness (QED) is 0.0973. The number of carbonyl (C=O) groups excluding carboxylic acids is 3. The molecule has 0 aromatic rings. The third-order valence-corrected chi connectivity index (χ3v) is 7.00. The van der Waals surface area contributed by atoms with E-state index in [0.717, 1.165) is 19.3 Å². The zero-order valence-corrected chi connectivity index (χ0v) is 23.8. The number of carboxylic acid groups (broad SMARTS) is 1. The number of nitrogens with one attached hydrogen (secondary N) is 2. The number of amides is 2. The summed E-state index contributed by atoms with van der Waals surface area (Å²) >= 11 is 0. The van der Waals surface area contributed by atoms with E-state index in [1.54, 1.807) is 0 Å². The Balaban J connectivity index is 3.85. The number of unbranched alkanes of at least 4 members (excludes halogenated alkanes) is 13. The molecule has 9 heteroatoms. The molecule has 0 aliphatic rings. The summed E-state index contributed by atoms with van der Waals surface area (Å²) in [4.78, 5) is 47.2. The first-order valence-electron chi connectivity index (χ1n) is 15.0. The van der Waals surface area contributed by atoms with E-state index in [9.17, 15) is 24.3 Å². The molecule has 0 heterocycles. The topological polar surface area (TPSA) is 159 Å². The lowest BCUT2D eigenvalue weighted by Gasteiger charge is -2.15. The molecule has 0 saturated heterocycles. The van der Waals surface area contributed by atoms with Crippen molar-refractivity contribution in [1.29, 1.82) is 0 Å². The number of nitrogens with two attached hydrogens (primary N) is 1. The van der Waals surface area contributed by atoms with Gasteiger partial charge in [0.1, 0.15) is 12.6 Å². The Labute approximate surface area is 230 Å². The van der Waals surface area contributed by atoms with Crippen molar-refractivity contribution in [3.8, 4) is 0 Å². The average Bonchev–Trinajstić information content (AvgIpc) is 2.90. The van der Waals surface area contributed by atoms with Gasteiger partial charge in [-0.1, -0.05) is 90.4 Å². The lowest BCUT2D eigenvalue weighted by molar-refractivity contribution is -0.142. The highest BCUT2D eigenvalue weighted by atomic mass is 16.4. The van der Waals surface area contributed by atoms with Gasteiger partial charge in [-0.2, -0.15) is 0 Å². The number of ketones is 1. The summed E-state index contributed by atoms with van der Waals surface area (Å²) in [5, 5.41) is 23.6. The Bertz CT molecular complexity index is 644. The van der Waals surface area contributed by atoms with Gasteiger partial charge in [0, 0.05) is 31.8 Å². The fourth-order valence-electron chi connectivity index (χ4n) is 4.47. The molecule has 1 unspecified atom stereocenters. The van der Waals surface area contributed by atoms with E-state index >= 15 is 0 Å². The van der Waals surface area contributed by atoms with Gasteiger partial charge >= 0.3 is 5.97 Å². The molecule has 0 fully saturated rings. The molecule has 0 aromatic carbocycles. The number of aliphatic carboxylic acids is 1. The van der Waals surface area contributed by atoms with Crippen molar-refractivity contribution < 1.29 is 29.4 Å². The summed E-state index contributed by atoms with van der Waals surface area (Å²) in [5.41, 5.74) is 5.54. The molecule has 0 aliphatic carbocycles. The van der Waals surface area contributed by atoms with Gasteiger partial charge in [-0.25, -0.2) is 4.79 Å². The van der Waals surface area contributed by atoms with Gasteiger partial charge in [-0.15, -0.1) is 0 Å². The molecule has 0 aliphatic heterocycles. The minimum absolute atomic E-state index is 0.00437. The van der Waals surface area contributed by atoms with Crippen LogP contribution in [0.2, 0.25) is 0 Å². The maximum atomic E-state index is 12.2. The number of carboxylic acids is 1. The molecule has 2 atom stereocenters. The van der Waals surface area contributed by atoms with Crippen LogP contribution in [0.5, 0.6) is 0 Å². The summed E-state index contributed by atoms with van der Waals surface area (Å²) in [6.45, 7) is 2.32. The molecule has 0 bridgehead atoms. The van der Waals surface area contributed by atoms with E-state index in [1.807, 2.05) is 0 Å². The van der Waals surface area contributed by atoms with Crippen LogP contribution >= 0.6 is 0 Å². The molecule has 0 radical (unpaired) electrons. The van der Waals surface area contributed by atoms with E-state index < -0.39 is 18.6 Å². The SMILES string of the molecule is CCCCCCCCCCCCCCCC(=O)NC(CCC(=O)NCCCC[C@H](CN)C(=O)CO)C(=O)O. The fraction of sp³-hybridized carbons (Fsp3) is 0.862. The monoisotopic (exact) mass is 541 g/mol. The lowest BCUT2D eigenvalue weighted by atomic mass is 9.98. The summed E-state index contributed by atoms with van der Waals surface area (Å²) in [5.74, 6) is -2.34. The number of hydrogen-bond donors (Lipinski definition) is 5. The van der Waals surface area contributed by atoms with Crippen LogP contribution in [-0.4, -0.2) is 59.5 Å². The van der Waals surface area contributed by atoms with Crippen LogP contribution in [-0.2, 0) is 19.2 Å². The second-order valence-corrected chi connectivity index (χ2v) is 10.4.